The molecule has 2 aliphatic rings. The van der Waals surface area contributed by atoms with Crippen molar-refractivity contribution in [2.24, 2.45) is 0 Å². The molecule has 0 spiro atoms. The van der Waals surface area contributed by atoms with Gasteiger partial charge < -0.3 is 14.9 Å². The van der Waals surface area contributed by atoms with Gasteiger partial charge in [0.05, 0.1) is 13.7 Å². The first kappa shape index (κ1) is 15.5. The van der Waals surface area contributed by atoms with E-state index in [1.807, 2.05) is 18.2 Å². The number of aromatic hydroxyl groups is 1. The number of benzene rings is 2. The van der Waals surface area contributed by atoms with Gasteiger partial charge in [-0.1, -0.05) is 18.2 Å². The number of rotatable bonds is 2. The molecule has 0 aliphatic carbocycles. The summed E-state index contributed by atoms with van der Waals surface area (Å²) < 4.78 is 5.29. The van der Waals surface area contributed by atoms with Crippen LogP contribution in [-0.4, -0.2) is 28.8 Å². The Hall–Kier alpha value is -2.04. The zero-order valence-corrected chi connectivity index (χ0v) is 14.1. The lowest BCUT2D eigenvalue weighted by Gasteiger charge is -2.45. The monoisotopic (exact) mass is 325 g/mol. The van der Waals surface area contributed by atoms with Crippen LogP contribution in [0.4, 0.5) is 0 Å². The summed E-state index contributed by atoms with van der Waals surface area (Å²) in [7, 11) is 1.59. The van der Waals surface area contributed by atoms with E-state index >= 15 is 0 Å². The SMILES string of the molecule is COc1cc2c(cc1O)CC1c3ccc(CO)cc3CCN1C2C. The Morgan fingerprint density at radius 1 is 1.17 bits per heavy atom. The molecule has 2 aromatic rings. The standard InChI is InChI=1S/C20H23NO3/c1-12-17-10-20(24-2)19(23)9-15(17)8-18-16-4-3-13(11-22)7-14(16)5-6-21(12)18/h3-4,7,9-10,12,18,22-23H,5-6,8,11H2,1-2H3. The van der Waals surface area contributed by atoms with Crippen LogP contribution in [0.25, 0.3) is 0 Å². The van der Waals surface area contributed by atoms with Crippen molar-refractivity contribution in [2.75, 3.05) is 13.7 Å². The maximum atomic E-state index is 10.1. The molecule has 0 saturated heterocycles. The number of fused-ring (bicyclic) bond motifs is 4. The summed E-state index contributed by atoms with van der Waals surface area (Å²) in [6.45, 7) is 3.33. The summed E-state index contributed by atoms with van der Waals surface area (Å²) in [6, 6.07) is 10.8. The highest BCUT2D eigenvalue weighted by Gasteiger charge is 2.36. The fourth-order valence-corrected chi connectivity index (χ4v) is 4.32. The van der Waals surface area contributed by atoms with Crippen molar-refractivity contribution in [3.8, 4) is 11.5 Å². The van der Waals surface area contributed by atoms with Crippen molar-refractivity contribution in [3.05, 3.63) is 58.1 Å². The predicted molar refractivity (Wildman–Crippen MR) is 92.3 cm³/mol. The lowest BCUT2D eigenvalue weighted by atomic mass is 9.80. The van der Waals surface area contributed by atoms with E-state index in [0.29, 0.717) is 17.8 Å². The average molecular weight is 325 g/mol. The van der Waals surface area contributed by atoms with E-state index in [4.69, 9.17) is 4.74 Å². The Morgan fingerprint density at radius 3 is 2.75 bits per heavy atom. The highest BCUT2D eigenvalue weighted by atomic mass is 16.5. The van der Waals surface area contributed by atoms with Crippen LogP contribution < -0.4 is 4.74 Å². The molecule has 0 amide bonds. The fraction of sp³-hybridized carbons (Fsp3) is 0.400. The quantitative estimate of drug-likeness (QED) is 0.891. The van der Waals surface area contributed by atoms with Crippen LogP contribution >= 0.6 is 0 Å². The molecule has 2 atom stereocenters. The average Bonchev–Trinajstić information content (AvgIpc) is 2.60. The van der Waals surface area contributed by atoms with Crippen molar-refractivity contribution in [3.63, 3.8) is 0 Å². The molecule has 126 valence electrons. The van der Waals surface area contributed by atoms with Gasteiger partial charge in [0, 0.05) is 18.6 Å². The summed E-state index contributed by atoms with van der Waals surface area (Å²) in [5.41, 5.74) is 6.12. The molecule has 2 heterocycles. The van der Waals surface area contributed by atoms with E-state index in [2.05, 4.69) is 24.0 Å². The number of aliphatic hydroxyl groups excluding tert-OH is 1. The van der Waals surface area contributed by atoms with Gasteiger partial charge in [-0.3, -0.25) is 4.90 Å². The van der Waals surface area contributed by atoms with Gasteiger partial charge in [0.25, 0.3) is 0 Å². The van der Waals surface area contributed by atoms with Crippen LogP contribution in [0.3, 0.4) is 0 Å². The third-order valence-electron chi connectivity index (χ3n) is 5.59. The molecule has 0 fully saturated rings. The second-order valence-electron chi connectivity index (χ2n) is 6.80. The smallest absolute Gasteiger partial charge is 0.160 e. The minimum absolute atomic E-state index is 0.0918. The summed E-state index contributed by atoms with van der Waals surface area (Å²) in [4.78, 5) is 2.54. The molecule has 4 rings (SSSR count). The number of phenols is 1. The predicted octanol–water partition coefficient (Wildman–Crippen LogP) is 3.11. The van der Waals surface area contributed by atoms with Gasteiger partial charge in [0.15, 0.2) is 11.5 Å². The summed E-state index contributed by atoms with van der Waals surface area (Å²) in [6.07, 6.45) is 1.90. The Kier molecular flexibility index (Phi) is 3.74. The first-order valence-electron chi connectivity index (χ1n) is 8.50. The van der Waals surface area contributed by atoms with Gasteiger partial charge in [-0.2, -0.15) is 0 Å². The topological polar surface area (TPSA) is 52.9 Å². The molecule has 4 heteroatoms. The van der Waals surface area contributed by atoms with Gasteiger partial charge >= 0.3 is 0 Å². The molecule has 2 aliphatic heterocycles. The van der Waals surface area contributed by atoms with Crippen molar-refractivity contribution in [1.82, 2.24) is 4.90 Å². The highest BCUT2D eigenvalue weighted by molar-refractivity contribution is 5.50. The maximum absolute atomic E-state index is 10.1. The molecule has 2 N–H and O–H groups in total. The molecule has 2 aromatic carbocycles. The molecule has 0 aromatic heterocycles. The van der Waals surface area contributed by atoms with Gasteiger partial charge in [0.2, 0.25) is 0 Å². The van der Waals surface area contributed by atoms with E-state index in [9.17, 15) is 10.2 Å². The van der Waals surface area contributed by atoms with Crippen LogP contribution in [0.15, 0.2) is 30.3 Å². The molecular formula is C20H23NO3. The zero-order valence-electron chi connectivity index (χ0n) is 14.1. The number of methoxy groups -OCH3 is 1. The summed E-state index contributed by atoms with van der Waals surface area (Å²) in [5, 5.41) is 19.5. The fourth-order valence-electron chi connectivity index (χ4n) is 4.32. The molecule has 4 nitrogen and oxygen atoms in total. The molecular weight excluding hydrogens is 302 g/mol. The lowest BCUT2D eigenvalue weighted by molar-refractivity contribution is 0.117. The van der Waals surface area contributed by atoms with E-state index in [-0.39, 0.29) is 12.4 Å². The first-order valence-corrected chi connectivity index (χ1v) is 8.50. The number of ether oxygens (including phenoxy) is 1. The Bertz CT molecular complexity index is 787. The second kappa shape index (κ2) is 5.80. The third-order valence-corrected chi connectivity index (χ3v) is 5.59. The number of hydrogen-bond donors (Lipinski definition) is 2. The highest BCUT2D eigenvalue weighted by Crippen LogP contribution is 2.46. The molecule has 0 saturated carbocycles. The van der Waals surface area contributed by atoms with Crippen molar-refractivity contribution in [2.45, 2.75) is 38.5 Å². The van der Waals surface area contributed by atoms with E-state index in [1.165, 1.54) is 22.3 Å². The van der Waals surface area contributed by atoms with Crippen LogP contribution in [0, 0.1) is 0 Å². The maximum Gasteiger partial charge on any atom is 0.160 e. The van der Waals surface area contributed by atoms with Gasteiger partial charge in [-0.25, -0.2) is 0 Å². The van der Waals surface area contributed by atoms with Gasteiger partial charge in [0.1, 0.15) is 0 Å². The summed E-state index contributed by atoms with van der Waals surface area (Å²) in [5.74, 6) is 0.757. The second-order valence-corrected chi connectivity index (χ2v) is 6.80. The van der Waals surface area contributed by atoms with E-state index in [1.54, 1.807) is 7.11 Å². The number of nitrogens with zero attached hydrogens (tertiary/aromatic N) is 1. The van der Waals surface area contributed by atoms with Gasteiger partial charge in [-0.05, 0) is 59.7 Å². The van der Waals surface area contributed by atoms with E-state index < -0.39 is 0 Å². The number of phenolic OH excluding ortho intramolecular Hbond substituents is 1. The largest absolute Gasteiger partial charge is 0.504 e. The Balaban J connectivity index is 1.77. The molecule has 0 bridgehead atoms. The number of hydrogen-bond acceptors (Lipinski definition) is 4. The minimum atomic E-state index is 0.0918. The van der Waals surface area contributed by atoms with Crippen LogP contribution in [0.2, 0.25) is 0 Å². The number of aliphatic hydroxyl groups is 1. The minimum Gasteiger partial charge on any atom is -0.504 e. The van der Waals surface area contributed by atoms with Crippen molar-refractivity contribution in [1.29, 1.82) is 0 Å². The Labute approximate surface area is 142 Å². The molecule has 2 unspecified atom stereocenters. The summed E-state index contributed by atoms with van der Waals surface area (Å²) >= 11 is 0. The van der Waals surface area contributed by atoms with Crippen molar-refractivity contribution >= 4 is 0 Å². The molecule has 0 radical (unpaired) electrons. The zero-order chi connectivity index (χ0) is 16.8. The lowest BCUT2D eigenvalue weighted by Crippen LogP contribution is -2.41. The first-order chi connectivity index (χ1) is 11.6. The normalized spacial score (nSPS) is 22.5. The molecule has 24 heavy (non-hydrogen) atoms. The van der Waals surface area contributed by atoms with Crippen molar-refractivity contribution < 1.29 is 14.9 Å². The van der Waals surface area contributed by atoms with Crippen LogP contribution in [0.5, 0.6) is 11.5 Å². The van der Waals surface area contributed by atoms with Crippen LogP contribution in [0.1, 0.15) is 46.8 Å². The van der Waals surface area contributed by atoms with Gasteiger partial charge in [-0.15, -0.1) is 0 Å². The Morgan fingerprint density at radius 2 is 2.00 bits per heavy atom. The van der Waals surface area contributed by atoms with E-state index in [0.717, 1.165) is 24.9 Å². The van der Waals surface area contributed by atoms with Crippen LogP contribution in [-0.2, 0) is 19.4 Å². The third kappa shape index (κ3) is 2.29.